The number of nitrogens with zero attached hydrogens (tertiary/aromatic N) is 1. The summed E-state index contributed by atoms with van der Waals surface area (Å²) in [5, 5.41) is 4.03. The van der Waals surface area contributed by atoms with Gasteiger partial charge in [-0.25, -0.2) is 0 Å². The van der Waals surface area contributed by atoms with Crippen LogP contribution in [-0.2, 0) is 6.42 Å². The third kappa shape index (κ3) is 1.37. The van der Waals surface area contributed by atoms with Gasteiger partial charge < -0.3 is 10.3 Å². The van der Waals surface area contributed by atoms with Crippen molar-refractivity contribution in [2.45, 2.75) is 31.6 Å². The molecule has 0 saturated heterocycles. The van der Waals surface area contributed by atoms with Gasteiger partial charge in [-0.05, 0) is 19.4 Å². The highest BCUT2D eigenvalue weighted by molar-refractivity contribution is 5.13. The maximum atomic E-state index is 5.40. The molecule has 1 fully saturated rings. The molecule has 1 aromatic rings. The molecule has 0 aliphatic heterocycles. The molecule has 0 aromatic carbocycles. The van der Waals surface area contributed by atoms with Crippen LogP contribution in [0.3, 0.4) is 0 Å². The summed E-state index contributed by atoms with van der Waals surface area (Å²) >= 11 is 0. The molecule has 1 heterocycles. The van der Waals surface area contributed by atoms with E-state index in [0.717, 1.165) is 17.9 Å². The molecule has 2 rings (SSSR count). The van der Waals surface area contributed by atoms with Crippen LogP contribution in [0.5, 0.6) is 0 Å². The van der Waals surface area contributed by atoms with E-state index in [0.29, 0.717) is 12.5 Å². The average molecular weight is 166 g/mol. The van der Waals surface area contributed by atoms with Crippen LogP contribution in [0.25, 0.3) is 0 Å². The number of hydrogen-bond acceptors (Lipinski definition) is 3. The third-order valence-corrected chi connectivity index (χ3v) is 2.49. The summed E-state index contributed by atoms with van der Waals surface area (Å²) in [6.07, 6.45) is 4.69. The zero-order valence-electron chi connectivity index (χ0n) is 7.12. The van der Waals surface area contributed by atoms with Crippen molar-refractivity contribution < 1.29 is 4.52 Å². The summed E-state index contributed by atoms with van der Waals surface area (Å²) in [6, 6.07) is 2.05. The van der Waals surface area contributed by atoms with Crippen LogP contribution in [0.1, 0.15) is 36.6 Å². The van der Waals surface area contributed by atoms with Gasteiger partial charge in [0.15, 0.2) is 0 Å². The van der Waals surface area contributed by atoms with Crippen LogP contribution < -0.4 is 5.73 Å². The van der Waals surface area contributed by atoms with Gasteiger partial charge >= 0.3 is 0 Å². The minimum Gasteiger partial charge on any atom is -0.361 e. The zero-order valence-corrected chi connectivity index (χ0v) is 7.12. The Bertz CT molecular complexity index is 253. The first-order chi connectivity index (χ1) is 5.90. The van der Waals surface area contributed by atoms with E-state index >= 15 is 0 Å². The molecule has 0 spiro atoms. The molecule has 0 atom stereocenters. The third-order valence-electron chi connectivity index (χ3n) is 2.49. The van der Waals surface area contributed by atoms with E-state index in [-0.39, 0.29) is 0 Å². The Morgan fingerprint density at radius 3 is 3.00 bits per heavy atom. The van der Waals surface area contributed by atoms with Gasteiger partial charge in [-0.1, -0.05) is 11.6 Å². The molecular weight excluding hydrogens is 152 g/mol. The Morgan fingerprint density at radius 1 is 1.58 bits per heavy atom. The van der Waals surface area contributed by atoms with E-state index in [1.807, 2.05) is 0 Å². The Kier molecular flexibility index (Phi) is 2.13. The fourth-order valence-corrected chi connectivity index (χ4v) is 1.49. The first kappa shape index (κ1) is 7.80. The Balaban J connectivity index is 2.02. The Morgan fingerprint density at radius 2 is 2.42 bits per heavy atom. The van der Waals surface area contributed by atoms with Gasteiger partial charge in [0, 0.05) is 18.4 Å². The van der Waals surface area contributed by atoms with Crippen molar-refractivity contribution in [3.8, 4) is 0 Å². The molecule has 1 saturated carbocycles. The molecule has 3 heteroatoms. The molecule has 3 nitrogen and oxygen atoms in total. The van der Waals surface area contributed by atoms with Crippen molar-refractivity contribution in [1.29, 1.82) is 0 Å². The molecule has 0 radical (unpaired) electrons. The highest BCUT2D eigenvalue weighted by atomic mass is 16.5. The van der Waals surface area contributed by atoms with E-state index in [9.17, 15) is 0 Å². The first-order valence-corrected chi connectivity index (χ1v) is 4.55. The fourth-order valence-electron chi connectivity index (χ4n) is 1.49. The van der Waals surface area contributed by atoms with E-state index in [1.54, 1.807) is 0 Å². The van der Waals surface area contributed by atoms with E-state index in [2.05, 4.69) is 11.2 Å². The number of aromatic nitrogens is 1. The molecule has 0 bridgehead atoms. The predicted octanol–water partition coefficient (Wildman–Crippen LogP) is 1.44. The smallest absolute Gasteiger partial charge is 0.138 e. The second kappa shape index (κ2) is 3.27. The van der Waals surface area contributed by atoms with Crippen LogP contribution >= 0.6 is 0 Å². The SMILES string of the molecule is NCCc1cc(C2CCC2)no1. The highest BCUT2D eigenvalue weighted by Crippen LogP contribution is 2.35. The molecule has 1 aromatic heterocycles. The first-order valence-electron chi connectivity index (χ1n) is 4.55. The predicted molar refractivity (Wildman–Crippen MR) is 45.9 cm³/mol. The van der Waals surface area contributed by atoms with Crippen LogP contribution in [0.15, 0.2) is 10.6 Å². The lowest BCUT2D eigenvalue weighted by Crippen LogP contribution is -2.08. The van der Waals surface area contributed by atoms with Crippen LogP contribution in [0.4, 0.5) is 0 Å². The van der Waals surface area contributed by atoms with Crippen LogP contribution in [0.2, 0.25) is 0 Å². The maximum absolute atomic E-state index is 5.40. The van der Waals surface area contributed by atoms with E-state index in [1.165, 1.54) is 19.3 Å². The van der Waals surface area contributed by atoms with Gasteiger partial charge in [0.2, 0.25) is 0 Å². The standard InChI is InChI=1S/C9H14N2O/c10-5-4-8-6-9(11-12-8)7-2-1-3-7/h6-7H,1-5,10H2. The molecular formula is C9H14N2O. The van der Waals surface area contributed by atoms with Gasteiger partial charge in [-0.15, -0.1) is 0 Å². The normalized spacial score (nSPS) is 17.8. The molecule has 0 unspecified atom stereocenters. The molecule has 1 aliphatic carbocycles. The minimum absolute atomic E-state index is 0.638. The second-order valence-electron chi connectivity index (χ2n) is 3.38. The quantitative estimate of drug-likeness (QED) is 0.739. The number of rotatable bonds is 3. The number of hydrogen-bond donors (Lipinski definition) is 1. The van der Waals surface area contributed by atoms with Gasteiger partial charge in [0.25, 0.3) is 0 Å². The van der Waals surface area contributed by atoms with Crippen molar-refractivity contribution in [1.82, 2.24) is 5.16 Å². The topological polar surface area (TPSA) is 52.0 Å². The van der Waals surface area contributed by atoms with Crippen molar-refractivity contribution >= 4 is 0 Å². The summed E-state index contributed by atoms with van der Waals surface area (Å²) in [5.41, 5.74) is 6.53. The zero-order chi connectivity index (χ0) is 8.39. The van der Waals surface area contributed by atoms with E-state index < -0.39 is 0 Å². The highest BCUT2D eigenvalue weighted by Gasteiger charge is 2.22. The lowest BCUT2D eigenvalue weighted by atomic mass is 9.83. The molecule has 66 valence electrons. The van der Waals surface area contributed by atoms with Crippen molar-refractivity contribution in [2.75, 3.05) is 6.54 Å². The Hall–Kier alpha value is -0.830. The molecule has 0 amide bonds. The second-order valence-corrected chi connectivity index (χ2v) is 3.38. The van der Waals surface area contributed by atoms with Crippen LogP contribution in [0, 0.1) is 0 Å². The minimum atomic E-state index is 0.638. The van der Waals surface area contributed by atoms with Gasteiger partial charge in [-0.3, -0.25) is 0 Å². The van der Waals surface area contributed by atoms with Gasteiger partial charge in [0.05, 0.1) is 5.69 Å². The largest absolute Gasteiger partial charge is 0.361 e. The fraction of sp³-hybridized carbons (Fsp3) is 0.667. The monoisotopic (exact) mass is 166 g/mol. The van der Waals surface area contributed by atoms with Crippen molar-refractivity contribution in [2.24, 2.45) is 5.73 Å². The maximum Gasteiger partial charge on any atom is 0.138 e. The lowest BCUT2D eigenvalue weighted by molar-refractivity contribution is 0.348. The summed E-state index contributed by atoms with van der Waals surface area (Å²) in [6.45, 7) is 0.638. The van der Waals surface area contributed by atoms with Gasteiger partial charge in [0.1, 0.15) is 5.76 Å². The molecule has 1 aliphatic rings. The summed E-state index contributed by atoms with van der Waals surface area (Å²) in [5.74, 6) is 1.60. The average Bonchev–Trinajstić information content (AvgIpc) is 2.34. The van der Waals surface area contributed by atoms with Gasteiger partial charge in [-0.2, -0.15) is 0 Å². The molecule has 12 heavy (non-hydrogen) atoms. The lowest BCUT2D eigenvalue weighted by Gasteiger charge is -2.22. The number of nitrogens with two attached hydrogens (primary N) is 1. The molecule has 2 N–H and O–H groups in total. The summed E-state index contributed by atoms with van der Waals surface area (Å²) in [4.78, 5) is 0. The Labute approximate surface area is 71.9 Å². The van der Waals surface area contributed by atoms with Crippen molar-refractivity contribution in [3.05, 3.63) is 17.5 Å². The summed E-state index contributed by atoms with van der Waals surface area (Å²) in [7, 11) is 0. The van der Waals surface area contributed by atoms with Crippen LogP contribution in [-0.4, -0.2) is 11.7 Å². The van der Waals surface area contributed by atoms with Crippen molar-refractivity contribution in [3.63, 3.8) is 0 Å². The summed E-state index contributed by atoms with van der Waals surface area (Å²) < 4.78 is 5.13. The van der Waals surface area contributed by atoms with E-state index in [4.69, 9.17) is 10.3 Å².